The number of aromatic nitrogens is 2. The number of hydrogen-bond acceptors (Lipinski definition) is 5. The summed E-state index contributed by atoms with van der Waals surface area (Å²) in [6, 6.07) is 8.69. The topological polar surface area (TPSA) is 99.5 Å². The van der Waals surface area contributed by atoms with Gasteiger partial charge in [-0.05, 0) is 49.4 Å². The predicted molar refractivity (Wildman–Crippen MR) is 108 cm³/mol. The minimum Gasteiger partial charge on any atom is -0.494 e. The molecule has 0 bridgehead atoms. The van der Waals surface area contributed by atoms with E-state index in [0.29, 0.717) is 42.3 Å². The van der Waals surface area contributed by atoms with Crippen LogP contribution in [-0.2, 0) is 6.54 Å². The number of nitro groups is 1. The first-order chi connectivity index (χ1) is 14.4. The number of imidazole rings is 1. The molecule has 1 N–H and O–H groups in total. The van der Waals surface area contributed by atoms with Crippen LogP contribution < -0.4 is 10.4 Å². The molecule has 1 heterocycles. The lowest BCUT2D eigenvalue weighted by atomic mass is 9.93. The summed E-state index contributed by atoms with van der Waals surface area (Å²) in [5, 5.41) is 21.1. The molecule has 30 heavy (non-hydrogen) atoms. The Labute approximate surface area is 171 Å². The van der Waals surface area contributed by atoms with Crippen LogP contribution in [0.5, 0.6) is 5.75 Å². The number of ether oxygens (including phenoxy) is 1. The number of nitrogens with zero attached hydrogens (tertiary/aromatic N) is 3. The van der Waals surface area contributed by atoms with Crippen molar-refractivity contribution in [3.8, 4) is 5.75 Å². The zero-order valence-corrected chi connectivity index (χ0v) is 16.5. The molecule has 4 rings (SSSR count). The maximum Gasteiger partial charge on any atom is 0.329 e. The Balaban J connectivity index is 1.84. The first-order valence-corrected chi connectivity index (χ1v) is 9.78. The normalized spacial score (nSPS) is 19.2. The fourth-order valence-electron chi connectivity index (χ4n) is 4.19. The minimum absolute atomic E-state index is 0.0692. The van der Waals surface area contributed by atoms with Gasteiger partial charge in [0.1, 0.15) is 0 Å². The number of aliphatic hydroxyl groups is 1. The van der Waals surface area contributed by atoms with Crippen molar-refractivity contribution < 1.29 is 19.2 Å². The maximum absolute atomic E-state index is 14.1. The molecule has 3 aromatic rings. The molecular weight excluding hydrogens is 393 g/mol. The largest absolute Gasteiger partial charge is 0.494 e. The van der Waals surface area contributed by atoms with Crippen LogP contribution in [0.4, 0.5) is 10.1 Å². The third-order valence-electron chi connectivity index (χ3n) is 5.75. The number of methoxy groups -OCH3 is 1. The van der Waals surface area contributed by atoms with E-state index in [1.807, 2.05) is 0 Å². The van der Waals surface area contributed by atoms with Gasteiger partial charge < -0.3 is 9.84 Å². The number of halogens is 1. The second-order valence-corrected chi connectivity index (χ2v) is 7.60. The van der Waals surface area contributed by atoms with Crippen molar-refractivity contribution in [3.05, 3.63) is 68.4 Å². The molecule has 0 aliphatic heterocycles. The standard InChI is InChI=1S/C21H22FN3O5/c1-30-20-9-2-13(10-17(20)22)12-23-19-11-15(25(28)29)5-8-18(19)24(21(23)27)14-3-6-16(26)7-4-14/h2,5,8-11,14,16,26H,3-4,6-7,12H2,1H3. The second-order valence-electron chi connectivity index (χ2n) is 7.60. The highest BCUT2D eigenvalue weighted by Gasteiger charge is 2.26. The highest BCUT2D eigenvalue weighted by Crippen LogP contribution is 2.31. The summed E-state index contributed by atoms with van der Waals surface area (Å²) in [7, 11) is 1.37. The Kier molecular flexibility index (Phi) is 5.29. The summed E-state index contributed by atoms with van der Waals surface area (Å²) < 4.78 is 22.2. The van der Waals surface area contributed by atoms with Crippen molar-refractivity contribution >= 4 is 16.7 Å². The average molecular weight is 415 g/mol. The van der Waals surface area contributed by atoms with Crippen LogP contribution in [0.25, 0.3) is 11.0 Å². The highest BCUT2D eigenvalue weighted by molar-refractivity contribution is 5.79. The molecule has 1 aliphatic rings. The van der Waals surface area contributed by atoms with Gasteiger partial charge in [0.2, 0.25) is 0 Å². The molecule has 0 radical (unpaired) electrons. The Morgan fingerprint density at radius 1 is 1.17 bits per heavy atom. The van der Waals surface area contributed by atoms with Gasteiger partial charge >= 0.3 is 5.69 Å². The van der Waals surface area contributed by atoms with Crippen molar-refractivity contribution in [2.75, 3.05) is 7.11 Å². The summed E-state index contributed by atoms with van der Waals surface area (Å²) in [6.07, 6.45) is 2.12. The van der Waals surface area contributed by atoms with Crippen molar-refractivity contribution in [3.63, 3.8) is 0 Å². The van der Waals surface area contributed by atoms with E-state index < -0.39 is 10.7 Å². The van der Waals surface area contributed by atoms with Gasteiger partial charge in [0.25, 0.3) is 5.69 Å². The van der Waals surface area contributed by atoms with Crippen LogP contribution in [0.1, 0.15) is 37.3 Å². The summed E-state index contributed by atoms with van der Waals surface area (Å²) >= 11 is 0. The van der Waals surface area contributed by atoms with Crippen molar-refractivity contribution in [2.45, 2.75) is 44.4 Å². The van der Waals surface area contributed by atoms with Gasteiger partial charge in [-0.15, -0.1) is 0 Å². The zero-order chi connectivity index (χ0) is 21.4. The molecular formula is C21H22FN3O5. The SMILES string of the molecule is COc1ccc(Cn2c(=O)n(C3CCC(O)CC3)c3ccc([N+](=O)[O-])cc32)cc1F. The molecule has 1 saturated carbocycles. The quantitative estimate of drug-likeness (QED) is 0.509. The van der Waals surface area contributed by atoms with Gasteiger partial charge in [0.15, 0.2) is 11.6 Å². The fourth-order valence-corrected chi connectivity index (χ4v) is 4.19. The van der Waals surface area contributed by atoms with E-state index in [-0.39, 0.29) is 35.8 Å². The van der Waals surface area contributed by atoms with E-state index in [2.05, 4.69) is 0 Å². The van der Waals surface area contributed by atoms with E-state index in [4.69, 9.17) is 4.74 Å². The van der Waals surface area contributed by atoms with Crippen molar-refractivity contribution in [1.82, 2.24) is 9.13 Å². The van der Waals surface area contributed by atoms with Crippen molar-refractivity contribution in [1.29, 1.82) is 0 Å². The fraction of sp³-hybridized carbons (Fsp3) is 0.381. The number of benzene rings is 2. The van der Waals surface area contributed by atoms with Crippen LogP contribution >= 0.6 is 0 Å². The van der Waals surface area contributed by atoms with Crippen LogP contribution in [0.3, 0.4) is 0 Å². The Bertz CT molecular complexity index is 1160. The Hall–Kier alpha value is -3.20. The number of fused-ring (bicyclic) bond motifs is 1. The van der Waals surface area contributed by atoms with Gasteiger partial charge in [-0.25, -0.2) is 9.18 Å². The first-order valence-electron chi connectivity index (χ1n) is 9.78. The van der Waals surface area contributed by atoms with Crippen LogP contribution in [0.2, 0.25) is 0 Å². The zero-order valence-electron chi connectivity index (χ0n) is 16.5. The van der Waals surface area contributed by atoms with E-state index in [1.165, 1.54) is 35.9 Å². The maximum atomic E-state index is 14.1. The molecule has 1 aliphatic carbocycles. The first kappa shape index (κ1) is 20.1. The summed E-state index contributed by atoms with van der Waals surface area (Å²) in [5.74, 6) is -0.441. The van der Waals surface area contributed by atoms with Gasteiger partial charge in [-0.3, -0.25) is 19.2 Å². The predicted octanol–water partition coefficient (Wildman–Crippen LogP) is 3.38. The third kappa shape index (κ3) is 3.56. The molecule has 8 nitrogen and oxygen atoms in total. The Morgan fingerprint density at radius 3 is 2.53 bits per heavy atom. The average Bonchev–Trinajstić information content (AvgIpc) is 3.00. The number of nitro benzene ring substituents is 1. The lowest BCUT2D eigenvalue weighted by Gasteiger charge is -2.26. The van der Waals surface area contributed by atoms with E-state index >= 15 is 0 Å². The van der Waals surface area contributed by atoms with Gasteiger partial charge in [0.05, 0.1) is 35.7 Å². The molecule has 0 saturated heterocycles. The molecule has 158 valence electrons. The Morgan fingerprint density at radius 2 is 1.90 bits per heavy atom. The number of aliphatic hydroxyl groups excluding tert-OH is 1. The number of rotatable bonds is 5. The molecule has 0 spiro atoms. The molecule has 2 aromatic carbocycles. The molecule has 1 fully saturated rings. The summed E-state index contributed by atoms with van der Waals surface area (Å²) in [6.45, 7) is 0.0692. The lowest BCUT2D eigenvalue weighted by molar-refractivity contribution is -0.384. The van der Waals surface area contributed by atoms with Crippen LogP contribution in [0, 0.1) is 15.9 Å². The summed E-state index contributed by atoms with van der Waals surface area (Å²) in [4.78, 5) is 24.1. The highest BCUT2D eigenvalue weighted by atomic mass is 19.1. The summed E-state index contributed by atoms with van der Waals surface area (Å²) in [5.41, 5.74) is 1.15. The molecule has 0 unspecified atom stereocenters. The molecule has 0 atom stereocenters. The van der Waals surface area contributed by atoms with E-state index in [9.17, 15) is 24.4 Å². The van der Waals surface area contributed by atoms with Crippen molar-refractivity contribution in [2.24, 2.45) is 0 Å². The minimum atomic E-state index is -0.543. The molecule has 1 aromatic heterocycles. The smallest absolute Gasteiger partial charge is 0.329 e. The van der Waals surface area contributed by atoms with Gasteiger partial charge in [0, 0.05) is 18.2 Å². The molecule has 9 heteroatoms. The van der Waals surface area contributed by atoms with Gasteiger partial charge in [-0.1, -0.05) is 6.07 Å². The van der Waals surface area contributed by atoms with E-state index in [1.54, 1.807) is 16.7 Å². The second kappa shape index (κ2) is 7.91. The van der Waals surface area contributed by atoms with Gasteiger partial charge in [-0.2, -0.15) is 0 Å². The molecule has 0 amide bonds. The van der Waals surface area contributed by atoms with E-state index in [0.717, 1.165) is 0 Å². The number of hydrogen-bond donors (Lipinski definition) is 1. The monoisotopic (exact) mass is 415 g/mol. The van der Waals surface area contributed by atoms with Crippen LogP contribution in [0.15, 0.2) is 41.2 Å². The number of non-ortho nitro benzene ring substituents is 1. The lowest BCUT2D eigenvalue weighted by Crippen LogP contribution is -2.31. The third-order valence-corrected chi connectivity index (χ3v) is 5.75. The van der Waals surface area contributed by atoms with Crippen LogP contribution in [-0.4, -0.2) is 32.4 Å².